The van der Waals surface area contributed by atoms with Crippen LogP contribution in [-0.2, 0) is 6.61 Å². The van der Waals surface area contributed by atoms with E-state index in [2.05, 4.69) is 24.4 Å². The van der Waals surface area contributed by atoms with Crippen LogP contribution in [0.25, 0.3) is 0 Å². The van der Waals surface area contributed by atoms with Crippen LogP contribution in [0.1, 0.15) is 62.6 Å². The molecule has 118 valence electrons. The highest BCUT2D eigenvalue weighted by atomic mass is 16.3. The molecule has 2 rings (SSSR count). The van der Waals surface area contributed by atoms with Gasteiger partial charge in [-0.2, -0.15) is 0 Å². The van der Waals surface area contributed by atoms with E-state index in [9.17, 15) is 10.2 Å². The smallest absolute Gasteiger partial charge is 0.0681 e. The molecule has 1 saturated carbocycles. The summed E-state index contributed by atoms with van der Waals surface area (Å²) < 4.78 is 0. The van der Waals surface area contributed by atoms with Crippen molar-refractivity contribution >= 4 is 0 Å². The van der Waals surface area contributed by atoms with E-state index in [1.165, 1.54) is 37.7 Å². The second kappa shape index (κ2) is 8.52. The van der Waals surface area contributed by atoms with Gasteiger partial charge in [0.2, 0.25) is 0 Å². The molecule has 0 spiro atoms. The molecule has 0 aromatic heterocycles. The zero-order chi connectivity index (χ0) is 15.1. The summed E-state index contributed by atoms with van der Waals surface area (Å²) in [5, 5.41) is 22.3. The summed E-state index contributed by atoms with van der Waals surface area (Å²) in [6, 6.07) is 8.75. The lowest BCUT2D eigenvalue weighted by molar-refractivity contribution is 0.198. The number of rotatable bonds is 7. The predicted octanol–water partition coefficient (Wildman–Crippen LogP) is 3.16. The number of hydrogen-bond donors (Lipinski definition) is 3. The SMILES string of the molecule is CC(NC(CCO)C1CCCCC1)c1cccc(CO)c1. The largest absolute Gasteiger partial charge is 0.396 e. The number of aliphatic hydroxyl groups is 2. The molecule has 21 heavy (non-hydrogen) atoms. The van der Waals surface area contributed by atoms with E-state index in [-0.39, 0.29) is 19.3 Å². The molecule has 3 nitrogen and oxygen atoms in total. The van der Waals surface area contributed by atoms with Crippen LogP contribution in [0.5, 0.6) is 0 Å². The Hall–Kier alpha value is -0.900. The summed E-state index contributed by atoms with van der Waals surface area (Å²) in [7, 11) is 0. The Balaban J connectivity index is 2.00. The van der Waals surface area contributed by atoms with Crippen molar-refractivity contribution in [2.24, 2.45) is 5.92 Å². The van der Waals surface area contributed by atoms with Gasteiger partial charge in [0.05, 0.1) is 6.61 Å². The van der Waals surface area contributed by atoms with Crippen LogP contribution in [0.4, 0.5) is 0 Å². The normalized spacial score (nSPS) is 19.4. The van der Waals surface area contributed by atoms with E-state index in [4.69, 9.17) is 0 Å². The van der Waals surface area contributed by atoms with Crippen molar-refractivity contribution in [3.8, 4) is 0 Å². The Bertz CT molecular complexity index is 415. The van der Waals surface area contributed by atoms with Gasteiger partial charge in [0.15, 0.2) is 0 Å². The Morgan fingerprint density at radius 1 is 1.19 bits per heavy atom. The molecule has 0 bridgehead atoms. The van der Waals surface area contributed by atoms with Gasteiger partial charge in [0, 0.05) is 18.7 Å². The first-order chi connectivity index (χ1) is 10.2. The Labute approximate surface area is 128 Å². The predicted molar refractivity (Wildman–Crippen MR) is 86.0 cm³/mol. The van der Waals surface area contributed by atoms with Crippen LogP contribution in [-0.4, -0.2) is 22.9 Å². The summed E-state index contributed by atoms with van der Waals surface area (Å²) in [6.45, 7) is 2.50. The van der Waals surface area contributed by atoms with Gasteiger partial charge in [-0.15, -0.1) is 0 Å². The second-order valence-corrected chi connectivity index (χ2v) is 6.31. The first kappa shape index (κ1) is 16.5. The molecule has 2 unspecified atom stereocenters. The molecule has 0 saturated heterocycles. The van der Waals surface area contributed by atoms with Gasteiger partial charge in [0.25, 0.3) is 0 Å². The third-order valence-corrected chi connectivity index (χ3v) is 4.76. The average Bonchev–Trinajstić information content (AvgIpc) is 2.55. The topological polar surface area (TPSA) is 52.5 Å². The van der Waals surface area contributed by atoms with Gasteiger partial charge < -0.3 is 15.5 Å². The molecular formula is C18H29NO2. The molecule has 1 aromatic carbocycles. The van der Waals surface area contributed by atoms with E-state index in [0.717, 1.165) is 12.0 Å². The van der Waals surface area contributed by atoms with Gasteiger partial charge in [-0.25, -0.2) is 0 Å². The Kier molecular flexibility index (Phi) is 6.68. The standard InChI is InChI=1S/C18H29NO2/c1-14(17-9-5-6-15(12-17)13-21)19-18(10-11-20)16-7-3-2-4-8-16/h5-6,9,12,14,16,18-21H,2-4,7-8,10-11,13H2,1H3. The first-order valence-electron chi connectivity index (χ1n) is 8.31. The number of aliphatic hydroxyl groups excluding tert-OH is 2. The van der Waals surface area contributed by atoms with E-state index in [1.54, 1.807) is 0 Å². The first-order valence-corrected chi connectivity index (χ1v) is 8.31. The molecule has 0 amide bonds. The Morgan fingerprint density at radius 3 is 2.62 bits per heavy atom. The lowest BCUT2D eigenvalue weighted by atomic mass is 9.82. The molecule has 3 N–H and O–H groups in total. The van der Waals surface area contributed by atoms with E-state index >= 15 is 0 Å². The molecule has 0 aliphatic heterocycles. The van der Waals surface area contributed by atoms with Crippen LogP contribution in [0, 0.1) is 5.92 Å². The second-order valence-electron chi connectivity index (χ2n) is 6.31. The summed E-state index contributed by atoms with van der Waals surface area (Å²) in [4.78, 5) is 0. The lowest BCUT2D eigenvalue weighted by Crippen LogP contribution is -2.39. The van der Waals surface area contributed by atoms with Crippen LogP contribution in [0.15, 0.2) is 24.3 Å². The monoisotopic (exact) mass is 291 g/mol. The molecule has 1 aliphatic rings. The number of nitrogens with one attached hydrogen (secondary N) is 1. The van der Waals surface area contributed by atoms with E-state index in [0.29, 0.717) is 12.0 Å². The van der Waals surface area contributed by atoms with Gasteiger partial charge in [-0.1, -0.05) is 43.5 Å². The minimum absolute atomic E-state index is 0.0866. The van der Waals surface area contributed by atoms with Gasteiger partial charge in [0.1, 0.15) is 0 Å². The maximum atomic E-state index is 9.36. The zero-order valence-corrected chi connectivity index (χ0v) is 13.1. The van der Waals surface area contributed by atoms with Crippen molar-refractivity contribution in [1.29, 1.82) is 0 Å². The van der Waals surface area contributed by atoms with Crippen molar-refractivity contribution in [3.05, 3.63) is 35.4 Å². The molecular weight excluding hydrogens is 262 g/mol. The van der Waals surface area contributed by atoms with Gasteiger partial charge in [-0.05, 0) is 43.2 Å². The zero-order valence-electron chi connectivity index (χ0n) is 13.1. The fraction of sp³-hybridized carbons (Fsp3) is 0.667. The highest BCUT2D eigenvalue weighted by Crippen LogP contribution is 2.29. The van der Waals surface area contributed by atoms with Crippen molar-refractivity contribution in [3.63, 3.8) is 0 Å². The van der Waals surface area contributed by atoms with Gasteiger partial charge in [-0.3, -0.25) is 0 Å². The fourth-order valence-corrected chi connectivity index (χ4v) is 3.51. The van der Waals surface area contributed by atoms with Crippen LogP contribution in [0.3, 0.4) is 0 Å². The third-order valence-electron chi connectivity index (χ3n) is 4.76. The summed E-state index contributed by atoms with van der Waals surface area (Å²) >= 11 is 0. The van der Waals surface area contributed by atoms with Crippen LogP contribution < -0.4 is 5.32 Å². The molecule has 2 atom stereocenters. The summed E-state index contributed by atoms with van der Waals surface area (Å²) in [6.07, 6.45) is 7.39. The maximum absolute atomic E-state index is 9.36. The molecule has 1 aliphatic carbocycles. The van der Waals surface area contributed by atoms with E-state index < -0.39 is 0 Å². The molecule has 3 heteroatoms. The average molecular weight is 291 g/mol. The molecule has 1 fully saturated rings. The van der Waals surface area contributed by atoms with E-state index in [1.807, 2.05) is 12.1 Å². The lowest BCUT2D eigenvalue weighted by Gasteiger charge is -2.33. The van der Waals surface area contributed by atoms with Crippen LogP contribution >= 0.6 is 0 Å². The molecule has 0 heterocycles. The van der Waals surface area contributed by atoms with Crippen molar-refractivity contribution < 1.29 is 10.2 Å². The Morgan fingerprint density at radius 2 is 1.95 bits per heavy atom. The molecule has 1 aromatic rings. The number of hydrogen-bond acceptors (Lipinski definition) is 3. The van der Waals surface area contributed by atoms with Crippen molar-refractivity contribution in [2.45, 2.75) is 64.1 Å². The van der Waals surface area contributed by atoms with Gasteiger partial charge >= 0.3 is 0 Å². The summed E-state index contributed by atoms with van der Waals surface area (Å²) in [5.41, 5.74) is 2.16. The quantitative estimate of drug-likeness (QED) is 0.723. The minimum Gasteiger partial charge on any atom is -0.396 e. The van der Waals surface area contributed by atoms with Crippen molar-refractivity contribution in [2.75, 3.05) is 6.61 Å². The fourth-order valence-electron chi connectivity index (χ4n) is 3.51. The maximum Gasteiger partial charge on any atom is 0.0681 e. The van der Waals surface area contributed by atoms with Crippen molar-refractivity contribution in [1.82, 2.24) is 5.32 Å². The highest BCUT2D eigenvalue weighted by Gasteiger charge is 2.24. The highest BCUT2D eigenvalue weighted by molar-refractivity contribution is 5.25. The molecule has 0 radical (unpaired) electrons. The number of benzene rings is 1. The minimum atomic E-state index is 0.0866. The summed E-state index contributed by atoms with van der Waals surface area (Å²) in [5.74, 6) is 0.689. The van der Waals surface area contributed by atoms with Crippen LogP contribution in [0.2, 0.25) is 0 Å². The third kappa shape index (κ3) is 4.80.